The van der Waals surface area contributed by atoms with Crippen molar-refractivity contribution in [2.45, 2.75) is 45.6 Å². The topological polar surface area (TPSA) is 50.4 Å². The number of hydrogen-bond donors (Lipinski definition) is 2. The van der Waals surface area contributed by atoms with Crippen LogP contribution in [0.25, 0.3) is 0 Å². The maximum atomic E-state index is 11.6. The fourth-order valence-electron chi connectivity index (χ4n) is 1.37. The number of rotatable bonds is 10. The molecule has 0 aromatic rings. The molecule has 0 aliphatic heterocycles. The van der Waals surface area contributed by atoms with Gasteiger partial charge in [-0.15, -0.1) is 0 Å². The lowest BCUT2D eigenvalue weighted by Gasteiger charge is -2.13. The van der Waals surface area contributed by atoms with Gasteiger partial charge in [0.2, 0.25) is 5.91 Å². The largest absolute Gasteiger partial charge is 0.385 e. The van der Waals surface area contributed by atoms with Gasteiger partial charge in [0.1, 0.15) is 0 Å². The van der Waals surface area contributed by atoms with Crippen LogP contribution in [0.5, 0.6) is 0 Å². The van der Waals surface area contributed by atoms with Crippen molar-refractivity contribution < 1.29 is 9.53 Å². The van der Waals surface area contributed by atoms with E-state index in [2.05, 4.69) is 17.6 Å². The lowest BCUT2D eigenvalue weighted by molar-refractivity contribution is -0.122. The first kappa shape index (κ1) is 15.4. The summed E-state index contributed by atoms with van der Waals surface area (Å²) >= 11 is 0. The summed E-state index contributed by atoms with van der Waals surface area (Å²) in [6, 6.07) is -0.0978. The van der Waals surface area contributed by atoms with E-state index in [1.807, 2.05) is 6.92 Å². The Labute approximate surface area is 99.1 Å². The predicted molar refractivity (Wildman–Crippen MR) is 66.5 cm³/mol. The minimum Gasteiger partial charge on any atom is -0.385 e. The van der Waals surface area contributed by atoms with Crippen LogP contribution in [0.3, 0.4) is 0 Å². The molecule has 1 atom stereocenters. The smallest absolute Gasteiger partial charge is 0.236 e. The van der Waals surface area contributed by atoms with Gasteiger partial charge in [-0.2, -0.15) is 0 Å². The van der Waals surface area contributed by atoms with Gasteiger partial charge >= 0.3 is 0 Å². The highest BCUT2D eigenvalue weighted by molar-refractivity contribution is 5.81. The van der Waals surface area contributed by atoms with Crippen LogP contribution in [0.4, 0.5) is 0 Å². The van der Waals surface area contributed by atoms with E-state index in [1.165, 1.54) is 12.8 Å². The number of carbonyl (C=O) groups excluding carboxylic acids is 1. The monoisotopic (exact) mass is 230 g/mol. The fourth-order valence-corrected chi connectivity index (χ4v) is 1.37. The first-order chi connectivity index (χ1) is 7.72. The van der Waals surface area contributed by atoms with E-state index in [0.29, 0.717) is 13.2 Å². The summed E-state index contributed by atoms with van der Waals surface area (Å²) in [7, 11) is 1.67. The zero-order chi connectivity index (χ0) is 12.2. The molecule has 0 saturated heterocycles. The van der Waals surface area contributed by atoms with Gasteiger partial charge in [0.05, 0.1) is 6.04 Å². The Balaban J connectivity index is 3.42. The summed E-state index contributed by atoms with van der Waals surface area (Å²) < 4.78 is 4.91. The summed E-state index contributed by atoms with van der Waals surface area (Å²) in [5.74, 6) is 0.0765. The Hall–Kier alpha value is -0.610. The normalized spacial score (nSPS) is 12.4. The molecule has 0 heterocycles. The van der Waals surface area contributed by atoms with Crippen molar-refractivity contribution in [2.24, 2.45) is 0 Å². The first-order valence-electron chi connectivity index (χ1n) is 6.22. The van der Waals surface area contributed by atoms with Gasteiger partial charge in [-0.1, -0.05) is 19.8 Å². The zero-order valence-electron chi connectivity index (χ0n) is 10.8. The molecule has 4 heteroatoms. The third kappa shape index (κ3) is 8.68. The molecule has 16 heavy (non-hydrogen) atoms. The van der Waals surface area contributed by atoms with Crippen LogP contribution in [0.15, 0.2) is 0 Å². The maximum absolute atomic E-state index is 11.6. The highest BCUT2D eigenvalue weighted by Gasteiger charge is 2.10. The van der Waals surface area contributed by atoms with Gasteiger partial charge < -0.3 is 15.4 Å². The average molecular weight is 230 g/mol. The van der Waals surface area contributed by atoms with Crippen molar-refractivity contribution >= 4 is 5.91 Å². The van der Waals surface area contributed by atoms with Gasteiger partial charge in [0, 0.05) is 20.3 Å². The molecule has 0 fully saturated rings. The van der Waals surface area contributed by atoms with E-state index >= 15 is 0 Å². The van der Waals surface area contributed by atoms with Crippen molar-refractivity contribution in [2.75, 3.05) is 26.8 Å². The second-order valence-electron chi connectivity index (χ2n) is 4.02. The lowest BCUT2D eigenvalue weighted by atomic mass is 10.2. The van der Waals surface area contributed by atoms with Crippen molar-refractivity contribution in [3.63, 3.8) is 0 Å². The molecular formula is C12H26N2O2. The number of nitrogens with one attached hydrogen (secondary N) is 2. The second-order valence-corrected chi connectivity index (χ2v) is 4.02. The molecule has 96 valence electrons. The quantitative estimate of drug-likeness (QED) is 0.556. The van der Waals surface area contributed by atoms with E-state index in [9.17, 15) is 4.79 Å². The SMILES string of the molecule is CCCCCNC(C)C(=O)NCCCOC. The van der Waals surface area contributed by atoms with Crippen LogP contribution < -0.4 is 10.6 Å². The Kier molecular flexibility index (Phi) is 10.5. The Morgan fingerprint density at radius 3 is 2.62 bits per heavy atom. The molecule has 0 bridgehead atoms. The zero-order valence-corrected chi connectivity index (χ0v) is 10.8. The van der Waals surface area contributed by atoms with E-state index < -0.39 is 0 Å². The Bertz CT molecular complexity index is 174. The highest BCUT2D eigenvalue weighted by atomic mass is 16.5. The second kappa shape index (κ2) is 10.9. The molecule has 4 nitrogen and oxygen atoms in total. The summed E-state index contributed by atoms with van der Waals surface area (Å²) in [5.41, 5.74) is 0. The third-order valence-electron chi connectivity index (χ3n) is 2.45. The van der Waals surface area contributed by atoms with Crippen molar-refractivity contribution in [1.82, 2.24) is 10.6 Å². The highest BCUT2D eigenvalue weighted by Crippen LogP contribution is 1.92. The lowest BCUT2D eigenvalue weighted by Crippen LogP contribution is -2.42. The van der Waals surface area contributed by atoms with Crippen LogP contribution in [-0.4, -0.2) is 38.8 Å². The molecule has 1 amide bonds. The van der Waals surface area contributed by atoms with Crippen molar-refractivity contribution in [3.05, 3.63) is 0 Å². The first-order valence-corrected chi connectivity index (χ1v) is 6.22. The molecule has 0 aliphatic rings. The van der Waals surface area contributed by atoms with Gasteiger partial charge in [0.15, 0.2) is 0 Å². The molecule has 0 aliphatic carbocycles. The molecule has 2 N–H and O–H groups in total. The fraction of sp³-hybridized carbons (Fsp3) is 0.917. The third-order valence-corrected chi connectivity index (χ3v) is 2.45. The van der Waals surface area contributed by atoms with Gasteiger partial charge in [-0.3, -0.25) is 4.79 Å². The summed E-state index contributed by atoms with van der Waals surface area (Å²) in [6.07, 6.45) is 4.43. The number of hydrogen-bond acceptors (Lipinski definition) is 3. The predicted octanol–water partition coefficient (Wildman–Crippen LogP) is 1.31. The Morgan fingerprint density at radius 1 is 1.25 bits per heavy atom. The average Bonchev–Trinajstić information content (AvgIpc) is 2.29. The van der Waals surface area contributed by atoms with Crippen molar-refractivity contribution in [1.29, 1.82) is 0 Å². The molecule has 0 aromatic carbocycles. The molecule has 0 rings (SSSR count). The maximum Gasteiger partial charge on any atom is 0.236 e. The number of carbonyl (C=O) groups is 1. The molecule has 0 radical (unpaired) electrons. The van der Waals surface area contributed by atoms with Gasteiger partial charge in [0.25, 0.3) is 0 Å². The molecular weight excluding hydrogens is 204 g/mol. The van der Waals surface area contributed by atoms with E-state index in [-0.39, 0.29) is 11.9 Å². The minimum absolute atomic E-state index is 0.0765. The van der Waals surface area contributed by atoms with E-state index in [4.69, 9.17) is 4.74 Å². The number of ether oxygens (including phenoxy) is 1. The van der Waals surface area contributed by atoms with Crippen LogP contribution >= 0.6 is 0 Å². The van der Waals surface area contributed by atoms with Gasteiger partial charge in [-0.05, 0) is 26.3 Å². The van der Waals surface area contributed by atoms with Crippen LogP contribution in [0, 0.1) is 0 Å². The molecule has 1 unspecified atom stereocenters. The minimum atomic E-state index is -0.0978. The summed E-state index contributed by atoms with van der Waals surface area (Å²) in [5, 5.41) is 6.09. The van der Waals surface area contributed by atoms with E-state index in [1.54, 1.807) is 7.11 Å². The van der Waals surface area contributed by atoms with Crippen LogP contribution in [0.1, 0.15) is 39.5 Å². The molecule has 0 saturated carbocycles. The van der Waals surface area contributed by atoms with Crippen LogP contribution in [0.2, 0.25) is 0 Å². The summed E-state index contributed by atoms with van der Waals surface area (Å²) in [6.45, 7) is 6.37. The van der Waals surface area contributed by atoms with E-state index in [0.717, 1.165) is 19.4 Å². The number of amides is 1. The molecule has 0 aromatic heterocycles. The van der Waals surface area contributed by atoms with Crippen LogP contribution in [-0.2, 0) is 9.53 Å². The van der Waals surface area contributed by atoms with Gasteiger partial charge in [-0.25, -0.2) is 0 Å². The Morgan fingerprint density at radius 2 is 2.00 bits per heavy atom. The number of methoxy groups -OCH3 is 1. The summed E-state index contributed by atoms with van der Waals surface area (Å²) in [4.78, 5) is 11.6. The standard InChI is InChI=1S/C12H26N2O2/c1-4-5-6-8-13-11(2)12(15)14-9-7-10-16-3/h11,13H,4-10H2,1-3H3,(H,14,15). The number of unbranched alkanes of at least 4 members (excludes halogenated alkanes) is 2. The molecule has 0 spiro atoms. The van der Waals surface area contributed by atoms with Crippen molar-refractivity contribution in [3.8, 4) is 0 Å².